The Hall–Kier alpha value is -0.790. The first-order valence-corrected chi connectivity index (χ1v) is 7.77. The highest BCUT2D eigenvalue weighted by Gasteiger charge is 1.84. The molecule has 2 heteroatoms. The Morgan fingerprint density at radius 3 is 2.78 bits per heavy atom. The monoisotopic (exact) mass is 354 g/mol. The fourth-order valence-corrected chi connectivity index (χ4v) is 1.73. The van der Waals surface area contributed by atoms with Crippen LogP contribution in [-0.2, 0) is 4.74 Å². The third-order valence-electron chi connectivity index (χ3n) is 2.27. The van der Waals surface area contributed by atoms with Gasteiger partial charge in [0.1, 0.15) is 6.61 Å². The summed E-state index contributed by atoms with van der Waals surface area (Å²) in [5.74, 6) is 6.13. The van der Waals surface area contributed by atoms with Crippen LogP contribution >= 0.6 is 22.6 Å². The van der Waals surface area contributed by atoms with Gasteiger partial charge in [-0.15, -0.1) is 5.92 Å². The molecule has 0 spiro atoms. The van der Waals surface area contributed by atoms with E-state index in [9.17, 15) is 0 Å². The van der Waals surface area contributed by atoms with E-state index in [0.717, 1.165) is 19.4 Å². The molecule has 1 nitrogen and oxygen atoms in total. The maximum Gasteiger partial charge on any atom is 0.107 e. The standard InChI is InChI=1S/C16H19IO/c17-13-7-1-2-8-14-18-15-9-6-12-16-10-4-3-5-11-16/h3-6,10-12H,1,7,9,13-15H2/b12-6-. The van der Waals surface area contributed by atoms with Crippen molar-refractivity contribution in [3.05, 3.63) is 42.0 Å². The molecule has 0 aliphatic rings. The summed E-state index contributed by atoms with van der Waals surface area (Å²) < 4.78 is 6.60. The van der Waals surface area contributed by atoms with E-state index >= 15 is 0 Å². The zero-order chi connectivity index (χ0) is 12.9. The molecule has 0 atom stereocenters. The molecule has 1 aromatic rings. The molecular formula is C16H19IO. The number of unbranched alkanes of at least 4 members (excludes halogenated alkanes) is 1. The number of halogens is 1. The molecule has 0 heterocycles. The molecule has 0 fully saturated rings. The molecule has 1 rings (SSSR count). The number of rotatable bonds is 7. The van der Waals surface area contributed by atoms with Gasteiger partial charge in [-0.25, -0.2) is 0 Å². The fourth-order valence-electron chi connectivity index (χ4n) is 1.35. The summed E-state index contributed by atoms with van der Waals surface area (Å²) in [6.07, 6.45) is 7.35. The second-order valence-corrected chi connectivity index (χ2v) is 4.88. The highest BCUT2D eigenvalue weighted by atomic mass is 127. The van der Waals surface area contributed by atoms with Gasteiger partial charge in [-0.1, -0.05) is 71.0 Å². The highest BCUT2D eigenvalue weighted by Crippen LogP contribution is 2.01. The van der Waals surface area contributed by atoms with Gasteiger partial charge in [-0.3, -0.25) is 0 Å². The van der Waals surface area contributed by atoms with Gasteiger partial charge in [0, 0.05) is 10.8 Å². The number of ether oxygens (including phenoxy) is 1. The van der Waals surface area contributed by atoms with Crippen molar-refractivity contribution in [2.75, 3.05) is 17.6 Å². The van der Waals surface area contributed by atoms with Crippen LogP contribution in [0.15, 0.2) is 36.4 Å². The molecular weight excluding hydrogens is 335 g/mol. The summed E-state index contributed by atoms with van der Waals surface area (Å²) in [4.78, 5) is 0. The lowest BCUT2D eigenvalue weighted by atomic mass is 10.2. The van der Waals surface area contributed by atoms with Gasteiger partial charge < -0.3 is 4.74 Å². The summed E-state index contributed by atoms with van der Waals surface area (Å²) >= 11 is 2.37. The van der Waals surface area contributed by atoms with Gasteiger partial charge in [-0.05, 0) is 18.4 Å². The van der Waals surface area contributed by atoms with Crippen LogP contribution in [0.2, 0.25) is 0 Å². The molecule has 0 N–H and O–H groups in total. The lowest BCUT2D eigenvalue weighted by molar-refractivity contribution is 0.172. The third-order valence-corrected chi connectivity index (χ3v) is 3.04. The second-order valence-electron chi connectivity index (χ2n) is 3.80. The van der Waals surface area contributed by atoms with Crippen molar-refractivity contribution in [3.8, 4) is 11.8 Å². The van der Waals surface area contributed by atoms with E-state index in [1.54, 1.807) is 0 Å². The summed E-state index contributed by atoms with van der Waals surface area (Å²) in [6.45, 7) is 1.30. The Labute approximate surface area is 124 Å². The Kier molecular flexibility index (Phi) is 9.59. The van der Waals surface area contributed by atoms with E-state index in [1.807, 2.05) is 18.2 Å². The average molecular weight is 354 g/mol. The molecule has 96 valence electrons. The summed E-state index contributed by atoms with van der Waals surface area (Å²) in [5.41, 5.74) is 1.23. The van der Waals surface area contributed by atoms with Crippen molar-refractivity contribution in [1.82, 2.24) is 0 Å². The lowest BCUT2D eigenvalue weighted by Crippen LogP contribution is -1.92. The summed E-state index contributed by atoms with van der Waals surface area (Å²) in [5, 5.41) is 0. The Morgan fingerprint density at radius 2 is 2.00 bits per heavy atom. The molecule has 0 saturated carbocycles. The molecule has 0 radical (unpaired) electrons. The predicted molar refractivity (Wildman–Crippen MR) is 86.8 cm³/mol. The van der Waals surface area contributed by atoms with E-state index in [4.69, 9.17) is 4.74 Å². The molecule has 0 aliphatic carbocycles. The molecule has 0 bridgehead atoms. The van der Waals surface area contributed by atoms with E-state index in [2.05, 4.69) is 58.7 Å². The van der Waals surface area contributed by atoms with Crippen molar-refractivity contribution in [1.29, 1.82) is 0 Å². The minimum absolute atomic E-state index is 0.556. The topological polar surface area (TPSA) is 9.23 Å². The second kappa shape index (κ2) is 11.3. The van der Waals surface area contributed by atoms with Crippen LogP contribution in [0.25, 0.3) is 6.08 Å². The zero-order valence-electron chi connectivity index (χ0n) is 10.6. The number of hydrogen-bond acceptors (Lipinski definition) is 1. The normalized spacial score (nSPS) is 10.3. The largest absolute Gasteiger partial charge is 0.368 e. The molecule has 1 aromatic carbocycles. The number of hydrogen-bond donors (Lipinski definition) is 0. The van der Waals surface area contributed by atoms with Crippen LogP contribution in [0.3, 0.4) is 0 Å². The molecule has 0 aromatic heterocycles. The quantitative estimate of drug-likeness (QED) is 0.307. The van der Waals surface area contributed by atoms with E-state index < -0.39 is 0 Å². The minimum atomic E-state index is 0.556. The first-order chi connectivity index (χ1) is 8.93. The van der Waals surface area contributed by atoms with Gasteiger partial charge >= 0.3 is 0 Å². The smallest absolute Gasteiger partial charge is 0.107 e. The molecule has 0 saturated heterocycles. The van der Waals surface area contributed by atoms with E-state index in [-0.39, 0.29) is 0 Å². The van der Waals surface area contributed by atoms with Crippen molar-refractivity contribution in [2.24, 2.45) is 0 Å². The van der Waals surface area contributed by atoms with Crippen LogP contribution in [-0.4, -0.2) is 17.6 Å². The molecule has 0 amide bonds. The fraction of sp³-hybridized carbons (Fsp3) is 0.375. The van der Waals surface area contributed by atoms with E-state index in [0.29, 0.717) is 6.61 Å². The lowest BCUT2D eigenvalue weighted by Gasteiger charge is -1.95. The van der Waals surface area contributed by atoms with Crippen molar-refractivity contribution in [2.45, 2.75) is 19.3 Å². The first-order valence-electron chi connectivity index (χ1n) is 6.24. The summed E-state index contributed by atoms with van der Waals surface area (Å²) in [6, 6.07) is 10.3. The molecule has 0 unspecified atom stereocenters. The highest BCUT2D eigenvalue weighted by molar-refractivity contribution is 14.1. The minimum Gasteiger partial charge on any atom is -0.368 e. The summed E-state index contributed by atoms with van der Waals surface area (Å²) in [7, 11) is 0. The van der Waals surface area contributed by atoms with Crippen LogP contribution < -0.4 is 0 Å². The Balaban J connectivity index is 2.01. The Morgan fingerprint density at radius 1 is 1.17 bits per heavy atom. The number of benzene rings is 1. The first kappa shape index (κ1) is 15.3. The maximum atomic E-state index is 5.43. The van der Waals surface area contributed by atoms with Gasteiger partial charge in [0.2, 0.25) is 0 Å². The SMILES string of the molecule is ICCCC#CCOCC/C=C\c1ccccc1. The van der Waals surface area contributed by atoms with Crippen LogP contribution in [0.1, 0.15) is 24.8 Å². The maximum absolute atomic E-state index is 5.43. The van der Waals surface area contributed by atoms with Crippen LogP contribution in [0.4, 0.5) is 0 Å². The van der Waals surface area contributed by atoms with Gasteiger partial charge in [-0.2, -0.15) is 0 Å². The van der Waals surface area contributed by atoms with Gasteiger partial charge in [0.25, 0.3) is 0 Å². The van der Waals surface area contributed by atoms with E-state index in [1.165, 1.54) is 16.4 Å². The molecule has 0 aliphatic heterocycles. The Bertz CT molecular complexity index is 387. The van der Waals surface area contributed by atoms with Crippen LogP contribution in [0.5, 0.6) is 0 Å². The van der Waals surface area contributed by atoms with Gasteiger partial charge in [0.05, 0.1) is 6.61 Å². The van der Waals surface area contributed by atoms with Crippen molar-refractivity contribution >= 4 is 28.7 Å². The predicted octanol–water partition coefficient (Wildman–Crippen LogP) is 4.33. The average Bonchev–Trinajstić information content (AvgIpc) is 2.42. The number of alkyl halides is 1. The third kappa shape index (κ3) is 8.32. The van der Waals surface area contributed by atoms with Crippen molar-refractivity contribution < 1.29 is 4.74 Å². The van der Waals surface area contributed by atoms with Gasteiger partial charge in [0.15, 0.2) is 0 Å². The zero-order valence-corrected chi connectivity index (χ0v) is 12.7. The molecule has 18 heavy (non-hydrogen) atoms. The van der Waals surface area contributed by atoms with Crippen LogP contribution in [0, 0.1) is 11.8 Å². The van der Waals surface area contributed by atoms with Crippen molar-refractivity contribution in [3.63, 3.8) is 0 Å².